The molecule has 1 heterocycles. The van der Waals surface area contributed by atoms with Crippen molar-refractivity contribution in [3.8, 4) is 22.6 Å². The zero-order chi connectivity index (χ0) is 14.6. The minimum Gasteiger partial charge on any atom is -0.504 e. The van der Waals surface area contributed by atoms with E-state index in [-0.39, 0.29) is 5.75 Å². The first kappa shape index (κ1) is 12.7. The average Bonchev–Trinajstić information content (AvgIpc) is 2.50. The molecule has 1 atom stereocenters. The second kappa shape index (κ2) is 4.50. The highest BCUT2D eigenvalue weighted by molar-refractivity contribution is 5.83. The molecule has 0 radical (unpaired) electrons. The Kier molecular flexibility index (Phi) is 2.73. The van der Waals surface area contributed by atoms with Crippen LogP contribution in [-0.4, -0.2) is 30.7 Å². The van der Waals surface area contributed by atoms with Crippen molar-refractivity contribution in [3.63, 3.8) is 0 Å². The highest BCUT2D eigenvalue weighted by atomic mass is 16.5. The fourth-order valence-electron chi connectivity index (χ4n) is 3.86. The Balaban J connectivity index is 2.10. The molecule has 3 heteroatoms. The van der Waals surface area contributed by atoms with Gasteiger partial charge >= 0.3 is 0 Å². The van der Waals surface area contributed by atoms with Gasteiger partial charge in [0.05, 0.1) is 7.11 Å². The Bertz CT molecular complexity index is 723. The summed E-state index contributed by atoms with van der Waals surface area (Å²) >= 11 is 0. The van der Waals surface area contributed by atoms with Gasteiger partial charge in [-0.3, -0.25) is 4.90 Å². The fourth-order valence-corrected chi connectivity index (χ4v) is 3.86. The van der Waals surface area contributed by atoms with E-state index in [2.05, 4.69) is 36.2 Å². The lowest BCUT2D eigenvalue weighted by Gasteiger charge is -2.40. The smallest absolute Gasteiger partial charge is 0.168 e. The summed E-state index contributed by atoms with van der Waals surface area (Å²) in [7, 11) is 3.82. The number of hydrogen-bond donors (Lipinski definition) is 1. The largest absolute Gasteiger partial charge is 0.504 e. The van der Waals surface area contributed by atoms with Crippen molar-refractivity contribution in [2.24, 2.45) is 0 Å². The Morgan fingerprint density at radius 2 is 2.05 bits per heavy atom. The van der Waals surface area contributed by atoms with E-state index in [1.807, 2.05) is 6.07 Å². The number of ether oxygens (including phenoxy) is 1. The van der Waals surface area contributed by atoms with E-state index in [9.17, 15) is 5.11 Å². The molecule has 0 saturated carbocycles. The maximum Gasteiger partial charge on any atom is 0.168 e. The standard InChI is InChI=1S/C18H19NO2/c1-19-8-7-12-10-15(20)18(21-2)17-13-6-4-3-5-11(13)9-14(19)16(12)17/h3-6,10,14,20H,7-9H2,1-2H3/t14-/m0/s1. The predicted molar refractivity (Wildman–Crippen MR) is 82.9 cm³/mol. The lowest BCUT2D eigenvalue weighted by Crippen LogP contribution is -2.35. The molecule has 0 saturated heterocycles. The van der Waals surface area contributed by atoms with Crippen LogP contribution in [0.2, 0.25) is 0 Å². The van der Waals surface area contributed by atoms with Crippen molar-refractivity contribution >= 4 is 0 Å². The highest BCUT2D eigenvalue weighted by Gasteiger charge is 2.35. The third-order valence-corrected chi connectivity index (χ3v) is 4.89. The molecule has 1 N–H and O–H groups in total. The number of hydrogen-bond acceptors (Lipinski definition) is 3. The second-order valence-corrected chi connectivity index (χ2v) is 5.98. The summed E-state index contributed by atoms with van der Waals surface area (Å²) in [6.45, 7) is 1.03. The van der Waals surface area contributed by atoms with Crippen molar-refractivity contribution < 1.29 is 9.84 Å². The molecule has 0 unspecified atom stereocenters. The van der Waals surface area contributed by atoms with Crippen LogP contribution in [0.25, 0.3) is 11.1 Å². The minimum atomic E-state index is 0.256. The molecule has 0 aromatic heterocycles. The third-order valence-electron chi connectivity index (χ3n) is 4.89. The number of methoxy groups -OCH3 is 1. The molecule has 2 aromatic carbocycles. The number of rotatable bonds is 1. The number of aromatic hydroxyl groups is 1. The van der Waals surface area contributed by atoms with E-state index in [0.717, 1.165) is 24.9 Å². The third kappa shape index (κ3) is 1.70. The summed E-state index contributed by atoms with van der Waals surface area (Å²) in [4.78, 5) is 2.41. The van der Waals surface area contributed by atoms with Crippen molar-refractivity contribution in [2.45, 2.75) is 18.9 Å². The number of likely N-dealkylation sites (N-methyl/N-ethyl adjacent to an activating group) is 1. The molecule has 2 aromatic rings. The molecule has 0 spiro atoms. The molecule has 108 valence electrons. The van der Waals surface area contributed by atoms with E-state index in [4.69, 9.17) is 4.74 Å². The van der Waals surface area contributed by atoms with Gasteiger partial charge in [0.15, 0.2) is 11.5 Å². The van der Waals surface area contributed by atoms with Crippen LogP contribution >= 0.6 is 0 Å². The SMILES string of the molecule is COc1c(O)cc2c3c1-c1ccccc1C[C@@H]3N(C)CC2. The highest BCUT2D eigenvalue weighted by Crippen LogP contribution is 2.51. The van der Waals surface area contributed by atoms with Crippen LogP contribution in [0.4, 0.5) is 0 Å². The van der Waals surface area contributed by atoms with Crippen LogP contribution in [-0.2, 0) is 12.8 Å². The van der Waals surface area contributed by atoms with E-state index in [1.165, 1.54) is 22.3 Å². The lowest BCUT2D eigenvalue weighted by molar-refractivity contribution is 0.227. The van der Waals surface area contributed by atoms with Gasteiger partial charge in [-0.2, -0.15) is 0 Å². The summed E-state index contributed by atoms with van der Waals surface area (Å²) < 4.78 is 5.54. The van der Waals surface area contributed by atoms with Crippen molar-refractivity contribution in [3.05, 3.63) is 47.0 Å². The zero-order valence-corrected chi connectivity index (χ0v) is 12.4. The lowest BCUT2D eigenvalue weighted by atomic mass is 9.76. The number of fused-ring (bicyclic) bond motifs is 2. The fraction of sp³-hybridized carbons (Fsp3) is 0.333. The molecule has 2 aliphatic rings. The number of nitrogens with zero attached hydrogens (tertiary/aromatic N) is 1. The van der Waals surface area contributed by atoms with Crippen molar-refractivity contribution in [1.29, 1.82) is 0 Å². The van der Waals surface area contributed by atoms with Crippen molar-refractivity contribution in [2.75, 3.05) is 20.7 Å². The minimum absolute atomic E-state index is 0.256. The molecule has 4 rings (SSSR count). The zero-order valence-electron chi connectivity index (χ0n) is 12.4. The maximum absolute atomic E-state index is 10.3. The number of phenolic OH excluding ortho intramolecular Hbond substituents is 1. The maximum atomic E-state index is 10.3. The molecule has 1 aliphatic carbocycles. The summed E-state index contributed by atoms with van der Waals surface area (Å²) in [5, 5.41) is 10.3. The average molecular weight is 281 g/mol. The first-order valence-electron chi connectivity index (χ1n) is 7.42. The predicted octanol–water partition coefficient (Wildman–Crippen LogP) is 3.15. The topological polar surface area (TPSA) is 32.7 Å². The van der Waals surface area contributed by atoms with Gasteiger partial charge < -0.3 is 9.84 Å². The molecular weight excluding hydrogens is 262 g/mol. The summed E-state index contributed by atoms with van der Waals surface area (Å²) in [5.74, 6) is 0.868. The van der Waals surface area contributed by atoms with Gasteiger partial charge in [-0.15, -0.1) is 0 Å². The molecule has 0 amide bonds. The monoisotopic (exact) mass is 281 g/mol. The van der Waals surface area contributed by atoms with Crippen molar-refractivity contribution in [1.82, 2.24) is 4.90 Å². The first-order chi connectivity index (χ1) is 10.2. The molecule has 0 fully saturated rings. The Labute approximate surface area is 124 Å². The first-order valence-corrected chi connectivity index (χ1v) is 7.42. The second-order valence-electron chi connectivity index (χ2n) is 5.98. The van der Waals surface area contributed by atoms with Gasteiger partial charge in [0.2, 0.25) is 0 Å². The van der Waals surface area contributed by atoms with Gasteiger partial charge in [0, 0.05) is 18.2 Å². The normalized spacial score (nSPS) is 19.8. The quantitative estimate of drug-likeness (QED) is 0.871. The van der Waals surface area contributed by atoms with Gasteiger partial charge in [0.1, 0.15) is 0 Å². The van der Waals surface area contributed by atoms with Gasteiger partial charge in [-0.25, -0.2) is 0 Å². The van der Waals surface area contributed by atoms with Gasteiger partial charge in [-0.05, 0) is 48.2 Å². The summed E-state index contributed by atoms with van der Waals surface area (Å²) in [6.07, 6.45) is 2.01. The molecule has 0 bridgehead atoms. The van der Waals surface area contributed by atoms with Gasteiger partial charge in [0.25, 0.3) is 0 Å². The van der Waals surface area contributed by atoms with Crippen LogP contribution in [0.3, 0.4) is 0 Å². The van der Waals surface area contributed by atoms with Crippen LogP contribution in [0, 0.1) is 0 Å². The molecular formula is C18H19NO2. The van der Waals surface area contributed by atoms with E-state index in [1.54, 1.807) is 7.11 Å². The van der Waals surface area contributed by atoms with Gasteiger partial charge in [-0.1, -0.05) is 24.3 Å². The Morgan fingerprint density at radius 3 is 2.86 bits per heavy atom. The number of benzene rings is 2. The number of phenols is 1. The van der Waals surface area contributed by atoms with Crippen LogP contribution in [0.1, 0.15) is 22.7 Å². The summed E-state index contributed by atoms with van der Waals surface area (Å²) in [5.41, 5.74) is 6.23. The van der Waals surface area contributed by atoms with E-state index in [0.29, 0.717) is 11.8 Å². The molecule has 1 aliphatic heterocycles. The van der Waals surface area contributed by atoms with Crippen LogP contribution in [0.5, 0.6) is 11.5 Å². The van der Waals surface area contributed by atoms with Crippen LogP contribution < -0.4 is 4.74 Å². The Morgan fingerprint density at radius 1 is 1.24 bits per heavy atom. The summed E-state index contributed by atoms with van der Waals surface area (Å²) in [6, 6.07) is 10.7. The van der Waals surface area contributed by atoms with Crippen LogP contribution in [0.15, 0.2) is 30.3 Å². The van der Waals surface area contributed by atoms with E-state index < -0.39 is 0 Å². The van der Waals surface area contributed by atoms with E-state index >= 15 is 0 Å². The molecule has 3 nitrogen and oxygen atoms in total. The Hall–Kier alpha value is -2.00. The molecule has 21 heavy (non-hydrogen) atoms.